The Kier molecular flexibility index (Phi) is 3.03. The van der Waals surface area contributed by atoms with Gasteiger partial charge < -0.3 is 14.4 Å². The summed E-state index contributed by atoms with van der Waals surface area (Å²) in [6, 6.07) is 0.944. The third-order valence-corrected chi connectivity index (χ3v) is 2.39. The molecule has 0 bridgehead atoms. The Labute approximate surface area is 106 Å². The molecule has 2 heterocycles. The van der Waals surface area contributed by atoms with Crippen molar-refractivity contribution in [1.29, 1.82) is 0 Å². The van der Waals surface area contributed by atoms with Gasteiger partial charge in [0.05, 0.1) is 0 Å². The quantitative estimate of drug-likeness (QED) is 0.722. The molecule has 0 fully saturated rings. The fourth-order valence-electron chi connectivity index (χ4n) is 1.53. The Bertz CT molecular complexity index is 729. The van der Waals surface area contributed by atoms with Gasteiger partial charge in [-0.05, 0) is 0 Å². The summed E-state index contributed by atoms with van der Waals surface area (Å²) in [6.45, 7) is 1.05. The number of carbonyl (C=O) groups excluding carboxylic acids is 1. The SMILES string of the molecule is CC(=O)OCc1nc2n(C)c(C(=O)O)cc(=O)n2n1. The Morgan fingerprint density at radius 1 is 1.47 bits per heavy atom. The molecule has 19 heavy (non-hydrogen) atoms. The standard InChI is InChI=1S/C10H10N4O5/c1-5(15)19-4-7-11-10-13(2)6(9(17)18)3-8(16)14(10)12-7/h3H,4H2,1-2H3,(H,17,18). The fraction of sp³-hybridized carbons (Fsp3) is 0.300. The smallest absolute Gasteiger partial charge is 0.352 e. The summed E-state index contributed by atoms with van der Waals surface area (Å²) >= 11 is 0. The number of carboxylic acid groups (broad SMARTS) is 1. The molecule has 0 spiro atoms. The summed E-state index contributed by atoms with van der Waals surface area (Å²) in [5.41, 5.74) is -0.823. The van der Waals surface area contributed by atoms with Crippen LogP contribution in [0.25, 0.3) is 5.78 Å². The number of aryl methyl sites for hydroxylation is 1. The van der Waals surface area contributed by atoms with Crippen LogP contribution in [-0.2, 0) is 23.2 Å². The number of carboxylic acids is 1. The second kappa shape index (κ2) is 4.52. The first-order chi connectivity index (χ1) is 8.90. The molecule has 0 aliphatic rings. The van der Waals surface area contributed by atoms with E-state index in [-0.39, 0.29) is 23.9 Å². The molecule has 0 saturated heterocycles. The molecule has 9 heteroatoms. The van der Waals surface area contributed by atoms with Crippen molar-refractivity contribution in [3.05, 3.63) is 27.9 Å². The summed E-state index contributed by atoms with van der Waals surface area (Å²) in [5.74, 6) is -1.57. The average molecular weight is 266 g/mol. The van der Waals surface area contributed by atoms with Crippen molar-refractivity contribution in [2.24, 2.45) is 7.05 Å². The lowest BCUT2D eigenvalue weighted by Crippen LogP contribution is -2.22. The zero-order valence-electron chi connectivity index (χ0n) is 10.2. The Balaban J connectivity index is 2.56. The van der Waals surface area contributed by atoms with E-state index in [1.54, 1.807) is 0 Å². The van der Waals surface area contributed by atoms with Gasteiger partial charge in [-0.2, -0.15) is 9.50 Å². The van der Waals surface area contributed by atoms with Crippen molar-refractivity contribution >= 4 is 17.7 Å². The molecule has 0 aliphatic heterocycles. The van der Waals surface area contributed by atoms with Gasteiger partial charge in [-0.15, -0.1) is 5.10 Å². The van der Waals surface area contributed by atoms with Crippen LogP contribution in [0.15, 0.2) is 10.9 Å². The van der Waals surface area contributed by atoms with Gasteiger partial charge in [-0.25, -0.2) is 4.79 Å². The van der Waals surface area contributed by atoms with Crippen LogP contribution in [0.1, 0.15) is 23.2 Å². The molecular formula is C10H10N4O5. The maximum Gasteiger partial charge on any atom is 0.352 e. The van der Waals surface area contributed by atoms with Gasteiger partial charge in [-0.3, -0.25) is 9.59 Å². The summed E-state index contributed by atoms with van der Waals surface area (Å²) in [4.78, 5) is 37.3. The number of rotatable bonds is 3. The van der Waals surface area contributed by atoms with Crippen LogP contribution < -0.4 is 5.56 Å². The van der Waals surface area contributed by atoms with E-state index in [1.165, 1.54) is 18.5 Å². The van der Waals surface area contributed by atoms with Crippen molar-refractivity contribution in [3.63, 3.8) is 0 Å². The minimum atomic E-state index is -1.24. The van der Waals surface area contributed by atoms with Crippen LogP contribution in [0.5, 0.6) is 0 Å². The molecule has 0 amide bonds. The van der Waals surface area contributed by atoms with E-state index in [1.807, 2.05) is 0 Å². The summed E-state index contributed by atoms with van der Waals surface area (Å²) in [6.07, 6.45) is 0. The van der Waals surface area contributed by atoms with E-state index >= 15 is 0 Å². The highest BCUT2D eigenvalue weighted by Gasteiger charge is 2.15. The highest BCUT2D eigenvalue weighted by molar-refractivity contribution is 5.86. The Morgan fingerprint density at radius 2 is 2.16 bits per heavy atom. The molecule has 2 aromatic rings. The first-order valence-corrected chi connectivity index (χ1v) is 5.22. The van der Waals surface area contributed by atoms with E-state index < -0.39 is 17.5 Å². The third kappa shape index (κ3) is 2.30. The van der Waals surface area contributed by atoms with Gasteiger partial charge in [0.25, 0.3) is 5.56 Å². The zero-order valence-corrected chi connectivity index (χ0v) is 10.2. The van der Waals surface area contributed by atoms with Crippen LogP contribution in [0.3, 0.4) is 0 Å². The first-order valence-electron chi connectivity index (χ1n) is 5.22. The van der Waals surface area contributed by atoms with Gasteiger partial charge >= 0.3 is 11.9 Å². The number of nitrogens with zero attached hydrogens (tertiary/aromatic N) is 4. The molecule has 2 aromatic heterocycles. The second-order valence-corrected chi connectivity index (χ2v) is 3.75. The van der Waals surface area contributed by atoms with Crippen LogP contribution in [0, 0.1) is 0 Å². The molecule has 1 N–H and O–H groups in total. The monoisotopic (exact) mass is 266 g/mol. The number of fused-ring (bicyclic) bond motifs is 1. The molecule has 0 atom stereocenters. The van der Waals surface area contributed by atoms with Crippen molar-refractivity contribution in [1.82, 2.24) is 19.2 Å². The molecule has 100 valence electrons. The lowest BCUT2D eigenvalue weighted by atomic mass is 10.4. The molecule has 0 saturated carbocycles. The largest absolute Gasteiger partial charge is 0.477 e. The normalized spacial score (nSPS) is 10.6. The number of aromatic carboxylic acids is 1. The highest BCUT2D eigenvalue weighted by Crippen LogP contribution is 2.03. The number of ether oxygens (including phenoxy) is 1. The number of aromatic nitrogens is 4. The molecule has 9 nitrogen and oxygen atoms in total. The molecule has 0 radical (unpaired) electrons. The van der Waals surface area contributed by atoms with E-state index in [4.69, 9.17) is 9.84 Å². The fourth-order valence-corrected chi connectivity index (χ4v) is 1.53. The first kappa shape index (κ1) is 12.7. The minimum absolute atomic E-state index is 0.0621. The van der Waals surface area contributed by atoms with Crippen molar-refractivity contribution in [2.45, 2.75) is 13.5 Å². The number of carbonyl (C=O) groups is 2. The zero-order chi connectivity index (χ0) is 14.2. The van der Waals surface area contributed by atoms with E-state index in [0.29, 0.717) is 0 Å². The van der Waals surface area contributed by atoms with Crippen molar-refractivity contribution in [2.75, 3.05) is 0 Å². The Hall–Kier alpha value is -2.71. The van der Waals surface area contributed by atoms with Gasteiger partial charge in [0.15, 0.2) is 12.4 Å². The third-order valence-electron chi connectivity index (χ3n) is 2.39. The number of hydrogen-bond acceptors (Lipinski definition) is 6. The lowest BCUT2D eigenvalue weighted by Gasteiger charge is -2.03. The topological polar surface area (TPSA) is 116 Å². The highest BCUT2D eigenvalue weighted by atomic mass is 16.5. The minimum Gasteiger partial charge on any atom is -0.477 e. The summed E-state index contributed by atoms with van der Waals surface area (Å²) in [5, 5.41) is 12.8. The molecular weight excluding hydrogens is 256 g/mol. The lowest BCUT2D eigenvalue weighted by molar-refractivity contribution is -0.142. The van der Waals surface area contributed by atoms with Crippen LogP contribution >= 0.6 is 0 Å². The van der Waals surface area contributed by atoms with E-state index in [9.17, 15) is 14.4 Å². The maximum absolute atomic E-state index is 11.7. The predicted molar refractivity (Wildman–Crippen MR) is 60.7 cm³/mol. The van der Waals surface area contributed by atoms with Crippen molar-refractivity contribution < 1.29 is 19.4 Å². The van der Waals surface area contributed by atoms with Crippen molar-refractivity contribution in [3.8, 4) is 0 Å². The van der Waals surface area contributed by atoms with Gasteiger partial charge in [-0.1, -0.05) is 0 Å². The number of hydrogen-bond donors (Lipinski definition) is 1. The summed E-state index contributed by atoms with van der Waals surface area (Å²) < 4.78 is 6.88. The predicted octanol–water partition coefficient (Wildman–Crippen LogP) is -0.811. The van der Waals surface area contributed by atoms with Crippen LogP contribution in [0.4, 0.5) is 0 Å². The second-order valence-electron chi connectivity index (χ2n) is 3.75. The van der Waals surface area contributed by atoms with E-state index in [0.717, 1.165) is 10.6 Å². The van der Waals surface area contributed by atoms with Gasteiger partial charge in [0.2, 0.25) is 5.78 Å². The van der Waals surface area contributed by atoms with Gasteiger partial charge in [0, 0.05) is 20.0 Å². The maximum atomic E-state index is 11.7. The molecule has 0 aliphatic carbocycles. The molecule has 2 rings (SSSR count). The van der Waals surface area contributed by atoms with Crippen LogP contribution in [0.2, 0.25) is 0 Å². The van der Waals surface area contributed by atoms with E-state index in [2.05, 4.69) is 10.1 Å². The average Bonchev–Trinajstić information content (AvgIpc) is 2.75. The Morgan fingerprint density at radius 3 is 2.74 bits per heavy atom. The number of esters is 1. The molecule has 0 aromatic carbocycles. The van der Waals surface area contributed by atoms with Gasteiger partial charge in [0.1, 0.15) is 5.69 Å². The summed E-state index contributed by atoms with van der Waals surface area (Å²) in [7, 11) is 1.45. The molecule has 0 unspecified atom stereocenters. The van der Waals surface area contributed by atoms with Crippen LogP contribution in [-0.4, -0.2) is 36.2 Å².